The first-order valence-electron chi connectivity index (χ1n) is 3.55. The Morgan fingerprint density at radius 1 is 1.46 bits per heavy atom. The Bertz CT molecular complexity index is 344. The number of methoxy groups -OCH3 is 1. The maximum Gasteiger partial charge on any atom is 0.267 e. The summed E-state index contributed by atoms with van der Waals surface area (Å²) in [6.45, 7) is 0. The third-order valence-electron chi connectivity index (χ3n) is 1.60. The molecule has 0 unspecified atom stereocenters. The van der Waals surface area contributed by atoms with Crippen molar-refractivity contribution in [2.45, 2.75) is 6.43 Å². The fraction of sp³-hybridized carbons (Fsp3) is 0.222. The van der Waals surface area contributed by atoms with Crippen molar-refractivity contribution in [2.24, 2.45) is 0 Å². The van der Waals surface area contributed by atoms with Gasteiger partial charge in [0.1, 0.15) is 5.75 Å². The van der Waals surface area contributed by atoms with Crippen LogP contribution in [0, 0.1) is 11.3 Å². The molecule has 0 saturated heterocycles. The van der Waals surface area contributed by atoms with Crippen molar-refractivity contribution in [3.05, 3.63) is 29.3 Å². The van der Waals surface area contributed by atoms with Gasteiger partial charge in [-0.2, -0.15) is 5.26 Å². The summed E-state index contributed by atoms with van der Waals surface area (Å²) in [6.07, 6.45) is -2.58. The largest absolute Gasteiger partial charge is 0.496 e. The zero-order chi connectivity index (χ0) is 9.84. The van der Waals surface area contributed by atoms with Crippen molar-refractivity contribution >= 4 is 0 Å². The van der Waals surface area contributed by atoms with Crippen molar-refractivity contribution in [2.75, 3.05) is 7.11 Å². The fourth-order valence-electron chi connectivity index (χ4n) is 0.961. The zero-order valence-corrected chi connectivity index (χ0v) is 6.92. The highest BCUT2D eigenvalue weighted by atomic mass is 19.3. The quantitative estimate of drug-likeness (QED) is 0.705. The molecule has 0 aliphatic heterocycles. The number of halogens is 2. The van der Waals surface area contributed by atoms with Gasteiger partial charge in [-0.1, -0.05) is 0 Å². The molecule has 68 valence electrons. The average molecular weight is 183 g/mol. The van der Waals surface area contributed by atoms with E-state index in [0.717, 1.165) is 0 Å². The molecular weight excluding hydrogens is 176 g/mol. The molecule has 1 rings (SSSR count). The second-order valence-corrected chi connectivity index (χ2v) is 2.37. The molecule has 0 fully saturated rings. The number of alkyl halides is 2. The Kier molecular flexibility index (Phi) is 2.80. The first-order chi connectivity index (χ1) is 6.19. The van der Waals surface area contributed by atoms with Gasteiger partial charge in [-0.3, -0.25) is 0 Å². The molecule has 0 aliphatic carbocycles. The molecule has 0 aliphatic rings. The monoisotopic (exact) mass is 183 g/mol. The van der Waals surface area contributed by atoms with Gasteiger partial charge in [0.25, 0.3) is 6.43 Å². The van der Waals surface area contributed by atoms with E-state index in [-0.39, 0.29) is 11.3 Å². The van der Waals surface area contributed by atoms with Crippen LogP contribution >= 0.6 is 0 Å². The molecular formula is C9H7F2NO. The molecule has 0 bridgehead atoms. The second kappa shape index (κ2) is 3.85. The Morgan fingerprint density at radius 2 is 2.15 bits per heavy atom. The Morgan fingerprint density at radius 3 is 2.62 bits per heavy atom. The molecule has 0 atom stereocenters. The van der Waals surface area contributed by atoms with E-state index in [1.807, 2.05) is 6.07 Å². The van der Waals surface area contributed by atoms with E-state index in [2.05, 4.69) is 0 Å². The first kappa shape index (κ1) is 9.46. The van der Waals surface area contributed by atoms with E-state index in [1.165, 1.54) is 25.3 Å². The number of rotatable bonds is 2. The first-order valence-corrected chi connectivity index (χ1v) is 3.55. The van der Waals surface area contributed by atoms with Crippen LogP contribution in [-0.2, 0) is 0 Å². The lowest BCUT2D eigenvalue weighted by molar-refractivity contribution is 0.147. The minimum absolute atomic E-state index is 0.0500. The molecule has 0 amide bonds. The Labute approximate surface area is 74.4 Å². The topological polar surface area (TPSA) is 33.0 Å². The lowest BCUT2D eigenvalue weighted by Gasteiger charge is -2.06. The Hall–Kier alpha value is -1.63. The number of benzene rings is 1. The van der Waals surface area contributed by atoms with Gasteiger partial charge in [0.2, 0.25) is 0 Å². The smallest absolute Gasteiger partial charge is 0.267 e. The number of ether oxygens (including phenoxy) is 1. The third kappa shape index (κ3) is 1.94. The predicted molar refractivity (Wildman–Crippen MR) is 42.7 cm³/mol. The van der Waals surface area contributed by atoms with Crippen molar-refractivity contribution < 1.29 is 13.5 Å². The van der Waals surface area contributed by atoms with Crippen molar-refractivity contribution in [1.82, 2.24) is 0 Å². The molecule has 0 spiro atoms. The summed E-state index contributed by atoms with van der Waals surface area (Å²) in [5.74, 6) is 0.0500. The van der Waals surface area contributed by atoms with E-state index >= 15 is 0 Å². The van der Waals surface area contributed by atoms with Gasteiger partial charge < -0.3 is 4.74 Å². The number of nitriles is 1. The molecule has 0 N–H and O–H groups in total. The highest BCUT2D eigenvalue weighted by Gasteiger charge is 2.13. The number of hydrogen-bond acceptors (Lipinski definition) is 2. The molecule has 2 nitrogen and oxygen atoms in total. The summed E-state index contributed by atoms with van der Waals surface area (Å²) in [6, 6.07) is 5.67. The van der Waals surface area contributed by atoms with Crippen molar-refractivity contribution in [3.8, 4) is 11.8 Å². The van der Waals surface area contributed by atoms with Crippen LogP contribution in [0.25, 0.3) is 0 Å². The molecule has 0 saturated carbocycles. The number of hydrogen-bond donors (Lipinski definition) is 0. The van der Waals surface area contributed by atoms with Crippen molar-refractivity contribution in [1.29, 1.82) is 5.26 Å². The van der Waals surface area contributed by atoms with Gasteiger partial charge in [-0.05, 0) is 18.2 Å². The summed E-state index contributed by atoms with van der Waals surface area (Å²) in [4.78, 5) is 0. The minimum atomic E-state index is -2.58. The zero-order valence-electron chi connectivity index (χ0n) is 6.92. The fourth-order valence-corrected chi connectivity index (χ4v) is 0.961. The van der Waals surface area contributed by atoms with E-state index < -0.39 is 6.43 Å². The lowest BCUT2D eigenvalue weighted by atomic mass is 10.1. The highest BCUT2D eigenvalue weighted by molar-refractivity contribution is 5.42. The summed E-state index contributed by atoms with van der Waals surface area (Å²) >= 11 is 0. The second-order valence-electron chi connectivity index (χ2n) is 2.37. The standard InChI is InChI=1S/C9H7F2NO/c1-13-8-4-6(5-12)2-3-7(8)9(10)11/h2-4,9H,1H3. The normalized spacial score (nSPS) is 9.77. The van der Waals surface area contributed by atoms with Gasteiger partial charge in [-0.15, -0.1) is 0 Å². The summed E-state index contributed by atoms with van der Waals surface area (Å²) < 4.78 is 29.3. The maximum absolute atomic E-state index is 12.3. The van der Waals surface area contributed by atoms with Gasteiger partial charge in [-0.25, -0.2) is 8.78 Å². The van der Waals surface area contributed by atoms with Crippen LogP contribution in [-0.4, -0.2) is 7.11 Å². The van der Waals surface area contributed by atoms with Gasteiger partial charge in [0, 0.05) is 0 Å². The highest BCUT2D eigenvalue weighted by Crippen LogP contribution is 2.29. The molecule has 13 heavy (non-hydrogen) atoms. The molecule has 0 radical (unpaired) electrons. The van der Waals surface area contributed by atoms with E-state index in [1.54, 1.807) is 0 Å². The van der Waals surface area contributed by atoms with Crippen LogP contribution in [0.1, 0.15) is 17.6 Å². The summed E-state index contributed by atoms with van der Waals surface area (Å²) in [5, 5.41) is 8.49. The van der Waals surface area contributed by atoms with Gasteiger partial charge >= 0.3 is 0 Å². The van der Waals surface area contributed by atoms with Crippen LogP contribution in [0.2, 0.25) is 0 Å². The van der Waals surface area contributed by atoms with Crippen LogP contribution < -0.4 is 4.74 Å². The van der Waals surface area contributed by atoms with E-state index in [0.29, 0.717) is 5.56 Å². The molecule has 1 aromatic rings. The molecule has 1 aromatic carbocycles. The lowest BCUT2D eigenvalue weighted by Crippen LogP contribution is -1.92. The van der Waals surface area contributed by atoms with Crippen LogP contribution in [0.15, 0.2) is 18.2 Å². The van der Waals surface area contributed by atoms with Crippen molar-refractivity contribution in [3.63, 3.8) is 0 Å². The van der Waals surface area contributed by atoms with E-state index in [4.69, 9.17) is 10.00 Å². The van der Waals surface area contributed by atoms with Gasteiger partial charge in [0.15, 0.2) is 0 Å². The molecule has 4 heteroatoms. The predicted octanol–water partition coefficient (Wildman–Crippen LogP) is 2.50. The molecule has 0 heterocycles. The van der Waals surface area contributed by atoms with Crippen LogP contribution in [0.5, 0.6) is 5.75 Å². The molecule has 0 aromatic heterocycles. The van der Waals surface area contributed by atoms with Crippen LogP contribution in [0.4, 0.5) is 8.78 Å². The average Bonchev–Trinajstić information content (AvgIpc) is 2.16. The van der Waals surface area contributed by atoms with Gasteiger partial charge in [0.05, 0.1) is 24.3 Å². The third-order valence-corrected chi connectivity index (χ3v) is 1.60. The Balaban J connectivity index is 3.17. The summed E-state index contributed by atoms with van der Waals surface area (Å²) in [7, 11) is 1.29. The van der Waals surface area contributed by atoms with Crippen LogP contribution in [0.3, 0.4) is 0 Å². The van der Waals surface area contributed by atoms with E-state index in [9.17, 15) is 8.78 Å². The number of nitrogens with zero attached hydrogens (tertiary/aromatic N) is 1. The summed E-state index contributed by atoms with van der Waals surface area (Å²) in [5.41, 5.74) is 0.114. The minimum Gasteiger partial charge on any atom is -0.496 e. The maximum atomic E-state index is 12.3. The SMILES string of the molecule is COc1cc(C#N)ccc1C(F)F.